The van der Waals surface area contributed by atoms with Crippen LogP contribution in [-0.2, 0) is 16.6 Å². The number of nitrogens with zero attached hydrogens (tertiary/aromatic N) is 2. The summed E-state index contributed by atoms with van der Waals surface area (Å²) in [4.78, 5) is 0.252. The molecule has 0 saturated heterocycles. The van der Waals surface area contributed by atoms with E-state index >= 15 is 0 Å². The zero-order chi connectivity index (χ0) is 18.0. The van der Waals surface area contributed by atoms with Crippen LogP contribution in [0.3, 0.4) is 0 Å². The first-order valence-corrected chi connectivity index (χ1v) is 9.51. The highest BCUT2D eigenvalue weighted by Gasteiger charge is 2.14. The maximum atomic E-state index is 12.5. The first-order valence-electron chi connectivity index (χ1n) is 8.03. The molecule has 0 fully saturated rings. The SMILES string of the molecule is Cc1ccc(S(=O)(=O)Nc2cccc(Cn3nc(C)cc3C)c2)cc1. The third kappa shape index (κ3) is 4.09. The molecule has 130 valence electrons. The Balaban J connectivity index is 1.81. The lowest BCUT2D eigenvalue weighted by Crippen LogP contribution is -2.13. The lowest BCUT2D eigenvalue weighted by atomic mass is 10.2. The molecule has 0 unspecified atom stereocenters. The van der Waals surface area contributed by atoms with Crippen LogP contribution in [0, 0.1) is 20.8 Å². The second-order valence-electron chi connectivity index (χ2n) is 6.20. The van der Waals surface area contributed by atoms with Gasteiger partial charge in [0.25, 0.3) is 10.0 Å². The van der Waals surface area contributed by atoms with Crippen molar-refractivity contribution in [1.82, 2.24) is 9.78 Å². The first-order chi connectivity index (χ1) is 11.8. The number of sulfonamides is 1. The van der Waals surface area contributed by atoms with Crippen molar-refractivity contribution in [3.8, 4) is 0 Å². The minimum absolute atomic E-state index is 0.252. The number of hydrogen-bond donors (Lipinski definition) is 1. The van der Waals surface area contributed by atoms with Gasteiger partial charge in [-0.3, -0.25) is 9.40 Å². The van der Waals surface area contributed by atoms with Crippen molar-refractivity contribution in [2.45, 2.75) is 32.2 Å². The fourth-order valence-corrected chi connectivity index (χ4v) is 3.72. The Morgan fingerprint density at radius 2 is 1.72 bits per heavy atom. The second kappa shape index (κ2) is 6.72. The zero-order valence-electron chi connectivity index (χ0n) is 14.5. The molecule has 0 spiro atoms. The average molecular weight is 355 g/mol. The molecule has 1 aromatic heterocycles. The molecule has 0 bridgehead atoms. The van der Waals surface area contributed by atoms with E-state index in [-0.39, 0.29) is 4.90 Å². The van der Waals surface area contributed by atoms with Crippen molar-refractivity contribution in [3.63, 3.8) is 0 Å². The highest BCUT2D eigenvalue weighted by atomic mass is 32.2. The van der Waals surface area contributed by atoms with Gasteiger partial charge in [0.15, 0.2) is 0 Å². The Kier molecular flexibility index (Phi) is 4.63. The molecule has 5 nitrogen and oxygen atoms in total. The fraction of sp³-hybridized carbons (Fsp3) is 0.211. The van der Waals surface area contributed by atoms with Crippen LogP contribution in [0.2, 0.25) is 0 Å². The van der Waals surface area contributed by atoms with E-state index in [1.807, 2.05) is 49.7 Å². The maximum absolute atomic E-state index is 12.5. The molecule has 25 heavy (non-hydrogen) atoms. The molecule has 0 aliphatic carbocycles. The van der Waals surface area contributed by atoms with Gasteiger partial charge >= 0.3 is 0 Å². The Morgan fingerprint density at radius 3 is 2.36 bits per heavy atom. The molecule has 6 heteroatoms. The molecule has 3 rings (SSSR count). The van der Waals surface area contributed by atoms with E-state index in [4.69, 9.17) is 0 Å². The summed E-state index contributed by atoms with van der Waals surface area (Å²) >= 11 is 0. The lowest BCUT2D eigenvalue weighted by molar-refractivity contribution is 0.601. The highest BCUT2D eigenvalue weighted by molar-refractivity contribution is 7.92. The van der Waals surface area contributed by atoms with Gasteiger partial charge in [0, 0.05) is 11.4 Å². The molecule has 0 radical (unpaired) electrons. The van der Waals surface area contributed by atoms with E-state index in [9.17, 15) is 8.42 Å². The smallest absolute Gasteiger partial charge is 0.261 e. The molecular weight excluding hydrogens is 334 g/mol. The van der Waals surface area contributed by atoms with Crippen LogP contribution in [-0.4, -0.2) is 18.2 Å². The summed E-state index contributed by atoms with van der Waals surface area (Å²) in [5.41, 5.74) is 4.58. The highest BCUT2D eigenvalue weighted by Crippen LogP contribution is 2.18. The second-order valence-corrected chi connectivity index (χ2v) is 7.89. The number of benzene rings is 2. The van der Waals surface area contributed by atoms with Crippen molar-refractivity contribution < 1.29 is 8.42 Å². The zero-order valence-corrected chi connectivity index (χ0v) is 15.3. The van der Waals surface area contributed by atoms with Crippen LogP contribution in [0.15, 0.2) is 59.5 Å². The summed E-state index contributed by atoms with van der Waals surface area (Å²) < 4.78 is 29.6. The number of rotatable bonds is 5. The maximum Gasteiger partial charge on any atom is 0.261 e. The van der Waals surface area contributed by atoms with Crippen LogP contribution in [0.5, 0.6) is 0 Å². The standard InChI is InChI=1S/C19H21N3O2S/c1-14-7-9-19(10-8-14)25(23,24)21-18-6-4-5-17(12-18)13-22-16(3)11-15(2)20-22/h4-12,21H,13H2,1-3H3. The molecule has 1 N–H and O–H groups in total. The Bertz CT molecular complexity index is 990. The summed E-state index contributed by atoms with van der Waals surface area (Å²) in [7, 11) is -3.60. The van der Waals surface area contributed by atoms with Gasteiger partial charge in [-0.25, -0.2) is 8.42 Å². The summed E-state index contributed by atoms with van der Waals surface area (Å²) in [6.07, 6.45) is 0. The lowest BCUT2D eigenvalue weighted by Gasteiger charge is -2.10. The van der Waals surface area contributed by atoms with Crippen molar-refractivity contribution in [2.75, 3.05) is 4.72 Å². The van der Waals surface area contributed by atoms with E-state index in [1.54, 1.807) is 30.3 Å². The third-order valence-corrected chi connectivity index (χ3v) is 5.34. The van der Waals surface area contributed by atoms with Crippen molar-refractivity contribution in [2.24, 2.45) is 0 Å². The van der Waals surface area contributed by atoms with Gasteiger partial charge in [-0.15, -0.1) is 0 Å². The number of anilines is 1. The summed E-state index contributed by atoms with van der Waals surface area (Å²) in [5.74, 6) is 0. The van der Waals surface area contributed by atoms with Gasteiger partial charge in [-0.05, 0) is 56.7 Å². The summed E-state index contributed by atoms with van der Waals surface area (Å²) in [5, 5.41) is 4.44. The summed E-state index contributed by atoms with van der Waals surface area (Å²) in [6, 6.07) is 16.2. The predicted molar refractivity (Wildman–Crippen MR) is 99.2 cm³/mol. The predicted octanol–water partition coefficient (Wildman–Crippen LogP) is 3.66. The quantitative estimate of drug-likeness (QED) is 0.760. The van der Waals surface area contributed by atoms with Crippen LogP contribution < -0.4 is 4.72 Å². The molecule has 0 aliphatic heterocycles. The van der Waals surface area contributed by atoms with Crippen LogP contribution in [0.25, 0.3) is 0 Å². The largest absolute Gasteiger partial charge is 0.280 e. The molecule has 0 saturated carbocycles. The molecular formula is C19H21N3O2S. The van der Waals surface area contributed by atoms with Gasteiger partial charge in [-0.1, -0.05) is 29.8 Å². The molecule has 0 atom stereocenters. The molecule has 0 aliphatic rings. The van der Waals surface area contributed by atoms with Gasteiger partial charge in [0.2, 0.25) is 0 Å². The van der Waals surface area contributed by atoms with Gasteiger partial charge < -0.3 is 0 Å². The monoisotopic (exact) mass is 355 g/mol. The molecule has 2 aromatic carbocycles. The minimum atomic E-state index is -3.60. The fourth-order valence-electron chi connectivity index (χ4n) is 2.67. The molecule has 1 heterocycles. The number of aromatic nitrogens is 2. The molecule has 0 amide bonds. The van der Waals surface area contributed by atoms with Gasteiger partial charge in [0.05, 0.1) is 17.1 Å². The van der Waals surface area contributed by atoms with Crippen molar-refractivity contribution in [3.05, 3.63) is 77.1 Å². The minimum Gasteiger partial charge on any atom is -0.280 e. The molecule has 3 aromatic rings. The number of hydrogen-bond acceptors (Lipinski definition) is 3. The van der Waals surface area contributed by atoms with E-state index in [2.05, 4.69) is 9.82 Å². The van der Waals surface area contributed by atoms with Crippen LogP contribution in [0.1, 0.15) is 22.5 Å². The third-order valence-electron chi connectivity index (χ3n) is 3.95. The Morgan fingerprint density at radius 1 is 1.00 bits per heavy atom. The Hall–Kier alpha value is -2.60. The van der Waals surface area contributed by atoms with Crippen LogP contribution in [0.4, 0.5) is 5.69 Å². The van der Waals surface area contributed by atoms with Gasteiger partial charge in [0.1, 0.15) is 0 Å². The number of nitrogens with one attached hydrogen (secondary N) is 1. The van der Waals surface area contributed by atoms with E-state index in [1.165, 1.54) is 0 Å². The van der Waals surface area contributed by atoms with Crippen molar-refractivity contribution >= 4 is 15.7 Å². The van der Waals surface area contributed by atoms with E-state index < -0.39 is 10.0 Å². The summed E-state index contributed by atoms with van der Waals surface area (Å²) in [6.45, 7) is 6.48. The first kappa shape index (κ1) is 17.2. The van der Waals surface area contributed by atoms with Crippen LogP contribution >= 0.6 is 0 Å². The van der Waals surface area contributed by atoms with Crippen molar-refractivity contribution in [1.29, 1.82) is 0 Å². The average Bonchev–Trinajstić information content (AvgIpc) is 2.85. The van der Waals surface area contributed by atoms with E-state index in [0.717, 1.165) is 22.5 Å². The van der Waals surface area contributed by atoms with E-state index in [0.29, 0.717) is 12.2 Å². The topological polar surface area (TPSA) is 64.0 Å². The van der Waals surface area contributed by atoms with Gasteiger partial charge in [-0.2, -0.15) is 5.10 Å². The Labute approximate surface area is 148 Å². The number of aryl methyl sites for hydroxylation is 3. The normalized spacial score (nSPS) is 11.5.